The van der Waals surface area contributed by atoms with Crippen LogP contribution in [0, 0.1) is 0 Å². The number of pyridine rings is 1. The molecule has 0 radical (unpaired) electrons. The molecule has 1 aliphatic heterocycles. The van der Waals surface area contributed by atoms with Crippen molar-refractivity contribution in [2.75, 3.05) is 10.2 Å². The molecule has 1 aliphatic rings. The van der Waals surface area contributed by atoms with Crippen LogP contribution in [0.25, 0.3) is 11.6 Å². The topological polar surface area (TPSA) is 118 Å². The van der Waals surface area contributed by atoms with Crippen molar-refractivity contribution < 1.29 is 18.8 Å². The number of hydrogen-bond donors (Lipinski definition) is 1. The Labute approximate surface area is 153 Å². The lowest BCUT2D eigenvalue weighted by atomic mass is 10.2. The maximum absolute atomic E-state index is 12.4. The normalized spacial score (nSPS) is 13.9. The van der Waals surface area contributed by atoms with Gasteiger partial charge in [-0.05, 0) is 30.3 Å². The van der Waals surface area contributed by atoms with Gasteiger partial charge in [-0.2, -0.15) is 0 Å². The molecular formula is C18H13N5O4. The Balaban J connectivity index is 1.52. The summed E-state index contributed by atoms with van der Waals surface area (Å²) in [7, 11) is 0. The van der Waals surface area contributed by atoms with Crippen LogP contribution in [-0.4, -0.2) is 32.9 Å². The first-order chi connectivity index (χ1) is 13.1. The van der Waals surface area contributed by atoms with Gasteiger partial charge in [-0.15, -0.1) is 5.10 Å². The molecular weight excluding hydrogens is 350 g/mol. The molecule has 0 spiro atoms. The van der Waals surface area contributed by atoms with Crippen molar-refractivity contribution in [1.29, 1.82) is 0 Å². The highest BCUT2D eigenvalue weighted by Crippen LogP contribution is 2.24. The zero-order valence-corrected chi connectivity index (χ0v) is 14.0. The van der Waals surface area contributed by atoms with E-state index in [1.54, 1.807) is 42.6 Å². The minimum Gasteiger partial charge on any atom is -0.401 e. The number of amides is 3. The van der Waals surface area contributed by atoms with Gasteiger partial charge in [-0.25, -0.2) is 0 Å². The van der Waals surface area contributed by atoms with Gasteiger partial charge in [-0.3, -0.25) is 29.6 Å². The van der Waals surface area contributed by atoms with Crippen molar-refractivity contribution >= 4 is 29.4 Å². The molecule has 1 N–H and O–H groups in total. The van der Waals surface area contributed by atoms with Crippen LogP contribution in [0.4, 0.5) is 11.7 Å². The van der Waals surface area contributed by atoms with Crippen molar-refractivity contribution in [3.8, 4) is 11.6 Å². The van der Waals surface area contributed by atoms with Gasteiger partial charge in [0, 0.05) is 24.6 Å². The van der Waals surface area contributed by atoms with Crippen LogP contribution >= 0.6 is 0 Å². The molecule has 0 aliphatic carbocycles. The van der Waals surface area contributed by atoms with Gasteiger partial charge in [0.2, 0.25) is 11.8 Å². The van der Waals surface area contributed by atoms with E-state index in [9.17, 15) is 14.4 Å². The second-order valence-corrected chi connectivity index (χ2v) is 5.75. The lowest BCUT2D eigenvalue weighted by molar-refractivity contribution is -0.121. The van der Waals surface area contributed by atoms with E-state index in [0.717, 1.165) is 4.90 Å². The molecule has 3 amide bonds. The molecule has 134 valence electrons. The van der Waals surface area contributed by atoms with Crippen molar-refractivity contribution in [1.82, 2.24) is 15.2 Å². The number of anilines is 2. The van der Waals surface area contributed by atoms with Gasteiger partial charge in [-0.1, -0.05) is 17.2 Å². The predicted molar refractivity (Wildman–Crippen MR) is 93.7 cm³/mol. The van der Waals surface area contributed by atoms with Crippen molar-refractivity contribution in [2.24, 2.45) is 0 Å². The molecule has 2 aromatic heterocycles. The summed E-state index contributed by atoms with van der Waals surface area (Å²) in [5.41, 5.74) is 1.09. The van der Waals surface area contributed by atoms with Crippen LogP contribution in [0.15, 0.2) is 53.1 Å². The first kappa shape index (κ1) is 16.6. The molecule has 0 unspecified atom stereocenters. The summed E-state index contributed by atoms with van der Waals surface area (Å²) < 4.78 is 5.39. The maximum atomic E-state index is 12.4. The van der Waals surface area contributed by atoms with Gasteiger partial charge >= 0.3 is 6.01 Å². The number of nitrogens with zero attached hydrogens (tertiary/aromatic N) is 4. The molecule has 1 fully saturated rings. The number of carbonyl (C=O) groups is 3. The average molecular weight is 363 g/mol. The molecule has 9 heteroatoms. The van der Waals surface area contributed by atoms with Crippen molar-refractivity contribution in [2.45, 2.75) is 12.8 Å². The van der Waals surface area contributed by atoms with Gasteiger partial charge in [0.15, 0.2) is 0 Å². The highest BCUT2D eigenvalue weighted by atomic mass is 16.4. The fourth-order valence-electron chi connectivity index (χ4n) is 2.69. The molecule has 0 saturated carbocycles. The van der Waals surface area contributed by atoms with E-state index in [1.807, 2.05) is 0 Å². The largest absolute Gasteiger partial charge is 0.401 e. The minimum absolute atomic E-state index is 0.0839. The molecule has 1 aromatic carbocycles. The van der Waals surface area contributed by atoms with E-state index in [1.165, 1.54) is 6.07 Å². The van der Waals surface area contributed by atoms with E-state index in [4.69, 9.17) is 4.42 Å². The van der Waals surface area contributed by atoms with Crippen LogP contribution in [0.2, 0.25) is 0 Å². The molecule has 0 bridgehead atoms. The fraction of sp³-hybridized carbons (Fsp3) is 0.111. The van der Waals surface area contributed by atoms with E-state index in [0.29, 0.717) is 11.4 Å². The Morgan fingerprint density at radius 3 is 2.59 bits per heavy atom. The number of aromatic nitrogens is 3. The zero-order valence-electron chi connectivity index (χ0n) is 14.0. The smallest absolute Gasteiger partial charge is 0.322 e. The first-order valence-corrected chi connectivity index (χ1v) is 8.14. The number of hydrogen-bond acceptors (Lipinski definition) is 7. The van der Waals surface area contributed by atoms with Gasteiger partial charge in [0.05, 0.1) is 5.69 Å². The summed E-state index contributed by atoms with van der Waals surface area (Å²) in [5, 5.41) is 10.1. The van der Waals surface area contributed by atoms with Crippen molar-refractivity contribution in [3.05, 3.63) is 54.2 Å². The maximum Gasteiger partial charge on any atom is 0.322 e. The van der Waals surface area contributed by atoms with Crippen LogP contribution in [0.3, 0.4) is 0 Å². The Kier molecular flexibility index (Phi) is 4.17. The van der Waals surface area contributed by atoms with Crippen LogP contribution < -0.4 is 10.2 Å². The fourth-order valence-corrected chi connectivity index (χ4v) is 2.69. The highest BCUT2D eigenvalue weighted by Gasteiger charge is 2.30. The summed E-state index contributed by atoms with van der Waals surface area (Å²) in [4.78, 5) is 41.3. The van der Waals surface area contributed by atoms with Gasteiger partial charge < -0.3 is 4.42 Å². The Bertz CT molecular complexity index is 1010. The standard InChI is InChI=1S/C18H13N5O4/c24-14-7-8-15(25)23(14)12-5-3-4-11(10-12)16(26)20-18-22-21-17(27-18)13-6-1-2-9-19-13/h1-6,9-10H,7-8H2,(H,20,22,26). The molecule has 9 nitrogen and oxygen atoms in total. The summed E-state index contributed by atoms with van der Waals surface area (Å²) >= 11 is 0. The first-order valence-electron chi connectivity index (χ1n) is 8.14. The average Bonchev–Trinajstić information content (AvgIpc) is 3.29. The zero-order chi connectivity index (χ0) is 18.8. The number of imide groups is 1. The molecule has 3 heterocycles. The molecule has 3 aromatic rings. The number of nitrogens with one attached hydrogen (secondary N) is 1. The van der Waals surface area contributed by atoms with E-state index < -0.39 is 5.91 Å². The van der Waals surface area contributed by atoms with E-state index >= 15 is 0 Å². The van der Waals surface area contributed by atoms with E-state index in [-0.39, 0.29) is 42.1 Å². The van der Waals surface area contributed by atoms with Gasteiger partial charge in [0.1, 0.15) is 5.69 Å². The lowest BCUT2D eigenvalue weighted by Gasteiger charge is -2.14. The highest BCUT2D eigenvalue weighted by molar-refractivity contribution is 6.20. The summed E-state index contributed by atoms with van der Waals surface area (Å²) in [6.45, 7) is 0. The lowest BCUT2D eigenvalue weighted by Crippen LogP contribution is -2.28. The predicted octanol–water partition coefficient (Wildman–Crippen LogP) is 2.04. The quantitative estimate of drug-likeness (QED) is 0.705. The summed E-state index contributed by atoms with van der Waals surface area (Å²) in [5.74, 6) is -0.899. The molecule has 4 rings (SSSR count). The third kappa shape index (κ3) is 3.30. The van der Waals surface area contributed by atoms with Crippen LogP contribution in [0.5, 0.6) is 0 Å². The van der Waals surface area contributed by atoms with Crippen molar-refractivity contribution in [3.63, 3.8) is 0 Å². The van der Waals surface area contributed by atoms with Gasteiger partial charge in [0.25, 0.3) is 11.8 Å². The molecule has 27 heavy (non-hydrogen) atoms. The monoisotopic (exact) mass is 363 g/mol. The summed E-state index contributed by atoms with van der Waals surface area (Å²) in [6.07, 6.45) is 1.94. The molecule has 0 atom stereocenters. The third-order valence-corrected chi connectivity index (χ3v) is 3.95. The Morgan fingerprint density at radius 2 is 1.85 bits per heavy atom. The third-order valence-electron chi connectivity index (χ3n) is 3.95. The number of rotatable bonds is 4. The Morgan fingerprint density at radius 1 is 1.04 bits per heavy atom. The Hall–Kier alpha value is -3.88. The van der Waals surface area contributed by atoms with Crippen LogP contribution in [0.1, 0.15) is 23.2 Å². The van der Waals surface area contributed by atoms with E-state index in [2.05, 4.69) is 20.5 Å². The van der Waals surface area contributed by atoms with Crippen LogP contribution in [-0.2, 0) is 9.59 Å². The number of carbonyl (C=O) groups excluding carboxylic acids is 3. The minimum atomic E-state index is -0.507. The second-order valence-electron chi connectivity index (χ2n) is 5.75. The number of benzene rings is 1. The summed E-state index contributed by atoms with van der Waals surface area (Å²) in [6, 6.07) is 11.4. The molecule has 1 saturated heterocycles. The SMILES string of the molecule is O=C(Nc1nnc(-c2ccccn2)o1)c1cccc(N2C(=O)CCC2=O)c1. The second kappa shape index (κ2) is 6.79.